The summed E-state index contributed by atoms with van der Waals surface area (Å²) in [6.07, 6.45) is 4.62. The Morgan fingerprint density at radius 3 is 2.76 bits per heavy atom. The van der Waals surface area contributed by atoms with E-state index in [2.05, 4.69) is 12.2 Å². The Kier molecular flexibility index (Phi) is 5.65. The van der Waals surface area contributed by atoms with Crippen molar-refractivity contribution in [3.63, 3.8) is 0 Å². The predicted molar refractivity (Wildman–Crippen MR) is 85.5 cm³/mol. The van der Waals surface area contributed by atoms with Crippen LogP contribution in [0.4, 0.5) is 0 Å². The molecule has 116 valence electrons. The molecule has 0 heterocycles. The summed E-state index contributed by atoms with van der Waals surface area (Å²) in [5.41, 5.74) is 0.641. The first-order chi connectivity index (χ1) is 10.1. The summed E-state index contributed by atoms with van der Waals surface area (Å²) in [5.74, 6) is 0.461. The smallest absolute Gasteiger partial charge is 0.230 e. The zero-order chi connectivity index (χ0) is 15.3. The van der Waals surface area contributed by atoms with E-state index in [1.807, 2.05) is 24.3 Å². The van der Waals surface area contributed by atoms with Crippen molar-refractivity contribution in [2.45, 2.75) is 44.4 Å². The highest BCUT2D eigenvalue weighted by Crippen LogP contribution is 2.48. The average Bonchev–Trinajstić information content (AvgIpc) is 3.26. The van der Waals surface area contributed by atoms with Crippen LogP contribution in [0.3, 0.4) is 0 Å². The van der Waals surface area contributed by atoms with E-state index >= 15 is 0 Å². The van der Waals surface area contributed by atoms with Gasteiger partial charge >= 0.3 is 0 Å². The molecule has 1 aromatic rings. The monoisotopic (exact) mass is 309 g/mol. The third kappa shape index (κ3) is 3.98. The Morgan fingerprint density at radius 2 is 2.19 bits per heavy atom. The van der Waals surface area contributed by atoms with E-state index in [0.717, 1.165) is 37.7 Å². The quantitative estimate of drug-likeness (QED) is 0.774. The Bertz CT molecular complexity index is 479. The molecule has 1 unspecified atom stereocenters. The fraction of sp³-hybridized carbons (Fsp3) is 0.588. The summed E-state index contributed by atoms with van der Waals surface area (Å²) < 4.78 is 0. The minimum absolute atomic E-state index is 0.101. The fourth-order valence-corrected chi connectivity index (χ4v) is 3.09. The molecular weight excluding hydrogens is 286 g/mol. The highest BCUT2D eigenvalue weighted by atomic mass is 35.5. The molecule has 3 nitrogen and oxygen atoms in total. The van der Waals surface area contributed by atoms with E-state index in [0.29, 0.717) is 17.5 Å². The molecule has 0 bridgehead atoms. The Balaban J connectivity index is 1.96. The molecule has 0 radical (unpaired) electrons. The van der Waals surface area contributed by atoms with Crippen LogP contribution in [0.15, 0.2) is 24.3 Å². The summed E-state index contributed by atoms with van der Waals surface area (Å²) >= 11 is 6.03. The Morgan fingerprint density at radius 1 is 1.43 bits per heavy atom. The first-order valence-corrected chi connectivity index (χ1v) is 8.15. The minimum atomic E-state index is -0.374. The third-order valence-electron chi connectivity index (χ3n) is 4.35. The van der Waals surface area contributed by atoms with E-state index in [1.165, 1.54) is 0 Å². The lowest BCUT2D eigenvalue weighted by atomic mass is 9.94. The summed E-state index contributed by atoms with van der Waals surface area (Å²) in [5, 5.41) is 12.8. The van der Waals surface area contributed by atoms with Gasteiger partial charge in [-0.25, -0.2) is 0 Å². The van der Waals surface area contributed by atoms with Crippen molar-refractivity contribution in [3.05, 3.63) is 34.9 Å². The second kappa shape index (κ2) is 7.28. The first-order valence-electron chi connectivity index (χ1n) is 7.77. The average molecular weight is 310 g/mol. The van der Waals surface area contributed by atoms with Crippen molar-refractivity contribution in [3.8, 4) is 0 Å². The van der Waals surface area contributed by atoms with Gasteiger partial charge in [0, 0.05) is 18.2 Å². The molecule has 1 amide bonds. The maximum atomic E-state index is 12.5. The third-order valence-corrected chi connectivity index (χ3v) is 4.58. The van der Waals surface area contributed by atoms with Crippen molar-refractivity contribution in [1.29, 1.82) is 0 Å². The molecule has 1 aliphatic carbocycles. The molecule has 0 spiro atoms. The van der Waals surface area contributed by atoms with Crippen LogP contribution in [-0.2, 0) is 10.2 Å². The fourth-order valence-electron chi connectivity index (χ4n) is 2.90. The number of benzene rings is 1. The Hall–Kier alpha value is -1.06. The van der Waals surface area contributed by atoms with Crippen LogP contribution in [0, 0.1) is 5.92 Å². The van der Waals surface area contributed by atoms with Crippen LogP contribution >= 0.6 is 11.6 Å². The zero-order valence-electron chi connectivity index (χ0n) is 12.6. The summed E-state index contributed by atoms with van der Waals surface area (Å²) in [6.45, 7) is 2.95. The van der Waals surface area contributed by atoms with Gasteiger partial charge in [0.15, 0.2) is 0 Å². The highest BCUT2D eigenvalue weighted by Gasteiger charge is 2.51. The number of halogens is 1. The van der Waals surface area contributed by atoms with Crippen molar-refractivity contribution in [2.24, 2.45) is 5.92 Å². The second-order valence-electron chi connectivity index (χ2n) is 5.97. The minimum Gasteiger partial charge on any atom is -0.396 e. The number of aliphatic hydroxyl groups is 1. The number of amides is 1. The molecule has 21 heavy (non-hydrogen) atoms. The van der Waals surface area contributed by atoms with Gasteiger partial charge in [-0.3, -0.25) is 4.79 Å². The van der Waals surface area contributed by atoms with Gasteiger partial charge in [-0.05, 0) is 49.3 Å². The second-order valence-corrected chi connectivity index (χ2v) is 6.41. The van der Waals surface area contributed by atoms with Crippen molar-refractivity contribution < 1.29 is 9.90 Å². The van der Waals surface area contributed by atoms with Crippen LogP contribution < -0.4 is 5.32 Å². The lowest BCUT2D eigenvalue weighted by molar-refractivity contribution is -0.123. The molecule has 2 N–H and O–H groups in total. The zero-order valence-corrected chi connectivity index (χ0v) is 13.3. The highest BCUT2D eigenvalue weighted by molar-refractivity contribution is 6.30. The summed E-state index contributed by atoms with van der Waals surface area (Å²) in [7, 11) is 0. The molecule has 1 saturated carbocycles. The molecule has 4 heteroatoms. The standard InChI is InChI=1S/C17H24ClNO2/c1-2-4-13(7-10-20)12-19-16(21)17(8-9-17)14-5-3-6-15(18)11-14/h3,5-6,11,13,20H,2,4,7-10,12H2,1H3,(H,19,21). The molecule has 1 aliphatic rings. The van der Waals surface area contributed by atoms with Crippen molar-refractivity contribution in [2.75, 3.05) is 13.2 Å². The molecular formula is C17H24ClNO2. The summed E-state index contributed by atoms with van der Waals surface area (Å²) in [6, 6.07) is 7.61. The van der Waals surface area contributed by atoms with E-state index < -0.39 is 0 Å². The van der Waals surface area contributed by atoms with Gasteiger partial charge in [0.05, 0.1) is 5.41 Å². The number of carbonyl (C=O) groups excluding carboxylic acids is 1. The molecule has 0 aromatic heterocycles. The van der Waals surface area contributed by atoms with Crippen molar-refractivity contribution >= 4 is 17.5 Å². The molecule has 0 saturated heterocycles. The van der Waals surface area contributed by atoms with Crippen LogP contribution in [0.5, 0.6) is 0 Å². The van der Waals surface area contributed by atoms with Gasteiger partial charge in [-0.1, -0.05) is 37.1 Å². The lowest BCUT2D eigenvalue weighted by Gasteiger charge is -2.20. The number of aliphatic hydroxyl groups excluding tert-OH is 1. The van der Waals surface area contributed by atoms with Crippen LogP contribution in [0.2, 0.25) is 5.02 Å². The maximum Gasteiger partial charge on any atom is 0.230 e. The number of rotatable bonds is 8. The molecule has 1 atom stereocenters. The van der Waals surface area contributed by atoms with Crippen LogP contribution in [0.25, 0.3) is 0 Å². The molecule has 1 fully saturated rings. The van der Waals surface area contributed by atoms with Crippen LogP contribution in [0.1, 0.15) is 44.6 Å². The number of nitrogens with one attached hydrogen (secondary N) is 1. The Labute approximate surface area is 131 Å². The number of carbonyl (C=O) groups is 1. The van der Waals surface area contributed by atoms with E-state index in [9.17, 15) is 4.79 Å². The topological polar surface area (TPSA) is 49.3 Å². The van der Waals surface area contributed by atoms with Gasteiger partial charge < -0.3 is 10.4 Å². The van der Waals surface area contributed by atoms with Gasteiger partial charge in [0.1, 0.15) is 0 Å². The number of hydrogen-bond donors (Lipinski definition) is 2. The van der Waals surface area contributed by atoms with Gasteiger partial charge in [-0.2, -0.15) is 0 Å². The predicted octanol–water partition coefficient (Wildman–Crippen LogP) is 3.29. The largest absolute Gasteiger partial charge is 0.396 e. The van der Waals surface area contributed by atoms with Gasteiger partial charge in [-0.15, -0.1) is 0 Å². The molecule has 0 aliphatic heterocycles. The lowest BCUT2D eigenvalue weighted by Crippen LogP contribution is -2.37. The van der Waals surface area contributed by atoms with E-state index in [1.54, 1.807) is 0 Å². The molecule has 1 aromatic carbocycles. The van der Waals surface area contributed by atoms with Gasteiger partial charge in [0.2, 0.25) is 5.91 Å². The first kappa shape index (κ1) is 16.3. The van der Waals surface area contributed by atoms with Crippen LogP contribution in [-0.4, -0.2) is 24.2 Å². The van der Waals surface area contributed by atoms with E-state index in [4.69, 9.17) is 16.7 Å². The van der Waals surface area contributed by atoms with E-state index in [-0.39, 0.29) is 17.9 Å². The SMILES string of the molecule is CCCC(CCO)CNC(=O)C1(c2cccc(Cl)c2)CC1. The number of hydrogen-bond acceptors (Lipinski definition) is 2. The molecule has 2 rings (SSSR count). The van der Waals surface area contributed by atoms with Crippen molar-refractivity contribution in [1.82, 2.24) is 5.32 Å². The maximum absolute atomic E-state index is 12.5. The normalized spacial score (nSPS) is 17.3. The summed E-state index contributed by atoms with van der Waals surface area (Å²) in [4.78, 5) is 12.5. The van der Waals surface area contributed by atoms with Gasteiger partial charge in [0.25, 0.3) is 0 Å².